The van der Waals surface area contributed by atoms with Gasteiger partial charge in [0.15, 0.2) is 5.78 Å². The summed E-state index contributed by atoms with van der Waals surface area (Å²) in [7, 11) is 0. The maximum atomic E-state index is 13.5. The van der Waals surface area contributed by atoms with E-state index in [1.54, 1.807) is 12.1 Å². The molecule has 0 radical (unpaired) electrons. The van der Waals surface area contributed by atoms with Crippen molar-refractivity contribution in [3.63, 3.8) is 0 Å². The zero-order chi connectivity index (χ0) is 13.8. The van der Waals surface area contributed by atoms with Gasteiger partial charge in [0.05, 0.1) is 5.56 Å². The Kier molecular flexibility index (Phi) is 4.14. The number of nitrogens with one attached hydrogen (secondary N) is 2. The van der Waals surface area contributed by atoms with Crippen molar-refractivity contribution in [2.45, 2.75) is 19.8 Å². The van der Waals surface area contributed by atoms with Gasteiger partial charge in [-0.3, -0.25) is 9.59 Å². The predicted molar refractivity (Wildman–Crippen MR) is 70.6 cm³/mol. The van der Waals surface area contributed by atoms with E-state index in [1.165, 1.54) is 13.0 Å². The fourth-order valence-electron chi connectivity index (χ4n) is 1.90. The van der Waals surface area contributed by atoms with E-state index in [0.29, 0.717) is 18.8 Å². The molecule has 0 spiro atoms. The Hall–Kier alpha value is -1.91. The Bertz CT molecular complexity index is 498. The highest BCUT2D eigenvalue weighted by Crippen LogP contribution is 2.28. The van der Waals surface area contributed by atoms with E-state index in [4.69, 9.17) is 0 Å². The highest BCUT2D eigenvalue weighted by atomic mass is 19.1. The van der Waals surface area contributed by atoms with Crippen LogP contribution in [-0.4, -0.2) is 24.8 Å². The van der Waals surface area contributed by atoms with Crippen LogP contribution in [-0.2, 0) is 4.79 Å². The Labute approximate surface area is 111 Å². The zero-order valence-electron chi connectivity index (χ0n) is 10.8. The number of carbonyl (C=O) groups excluding carboxylic acids is 2. The van der Waals surface area contributed by atoms with Gasteiger partial charge in [-0.25, -0.2) is 4.39 Å². The third-order valence-electron chi connectivity index (χ3n) is 3.05. The second kappa shape index (κ2) is 5.82. The first kappa shape index (κ1) is 13.5. The fraction of sp³-hybridized carbons (Fsp3) is 0.429. The summed E-state index contributed by atoms with van der Waals surface area (Å²) in [6, 6.07) is 4.46. The minimum atomic E-state index is -0.528. The van der Waals surface area contributed by atoms with E-state index in [2.05, 4.69) is 10.6 Å². The third-order valence-corrected chi connectivity index (χ3v) is 3.05. The second-order valence-corrected chi connectivity index (χ2v) is 4.71. The van der Waals surface area contributed by atoms with E-state index in [1.807, 2.05) is 0 Å². The van der Waals surface area contributed by atoms with Crippen LogP contribution in [0, 0.1) is 11.7 Å². The molecule has 102 valence electrons. The Morgan fingerprint density at radius 1 is 1.32 bits per heavy atom. The first-order valence-electron chi connectivity index (χ1n) is 6.40. The smallest absolute Gasteiger partial charge is 0.223 e. The molecule has 0 bridgehead atoms. The quantitative estimate of drug-likeness (QED) is 0.610. The van der Waals surface area contributed by atoms with Gasteiger partial charge in [0.1, 0.15) is 5.82 Å². The number of hydrogen-bond acceptors (Lipinski definition) is 3. The molecule has 1 aromatic carbocycles. The van der Waals surface area contributed by atoms with E-state index < -0.39 is 5.82 Å². The number of ketones is 1. The lowest BCUT2D eigenvalue weighted by Crippen LogP contribution is -2.30. The number of benzene rings is 1. The monoisotopic (exact) mass is 264 g/mol. The maximum absolute atomic E-state index is 13.5. The Morgan fingerprint density at radius 3 is 2.68 bits per heavy atom. The third kappa shape index (κ3) is 3.53. The molecule has 0 unspecified atom stereocenters. The number of Topliss-reactive ketones (excluding diaryl/α,β-unsaturated/α-hetero) is 1. The number of halogens is 1. The molecule has 0 aromatic heterocycles. The molecule has 1 aliphatic rings. The van der Waals surface area contributed by atoms with Crippen molar-refractivity contribution < 1.29 is 14.0 Å². The number of carbonyl (C=O) groups is 2. The number of rotatable bonds is 6. The van der Waals surface area contributed by atoms with Gasteiger partial charge in [-0.15, -0.1) is 0 Å². The van der Waals surface area contributed by atoms with Gasteiger partial charge in [0.2, 0.25) is 5.91 Å². The molecular weight excluding hydrogens is 247 g/mol. The highest BCUT2D eigenvalue weighted by Gasteiger charge is 2.28. The van der Waals surface area contributed by atoms with Crippen LogP contribution in [0.3, 0.4) is 0 Å². The summed E-state index contributed by atoms with van der Waals surface area (Å²) in [6.07, 6.45) is 1.94. The van der Waals surface area contributed by atoms with E-state index >= 15 is 0 Å². The summed E-state index contributed by atoms with van der Waals surface area (Å²) < 4.78 is 13.5. The summed E-state index contributed by atoms with van der Waals surface area (Å²) in [5.74, 6) is -0.586. The summed E-state index contributed by atoms with van der Waals surface area (Å²) in [5, 5.41) is 5.77. The average molecular weight is 264 g/mol. The molecule has 0 aliphatic heterocycles. The van der Waals surface area contributed by atoms with E-state index in [-0.39, 0.29) is 23.2 Å². The van der Waals surface area contributed by atoms with Crippen LogP contribution in [0.2, 0.25) is 0 Å². The van der Waals surface area contributed by atoms with Crippen LogP contribution in [0.15, 0.2) is 18.2 Å². The zero-order valence-corrected chi connectivity index (χ0v) is 10.8. The minimum Gasteiger partial charge on any atom is -0.383 e. The van der Waals surface area contributed by atoms with Crippen molar-refractivity contribution in [3.05, 3.63) is 29.6 Å². The first-order valence-corrected chi connectivity index (χ1v) is 6.40. The second-order valence-electron chi connectivity index (χ2n) is 4.71. The largest absolute Gasteiger partial charge is 0.383 e. The molecule has 2 N–H and O–H groups in total. The molecular formula is C14H17FN2O2. The molecule has 19 heavy (non-hydrogen) atoms. The molecule has 0 atom stereocenters. The van der Waals surface area contributed by atoms with Crippen LogP contribution >= 0.6 is 0 Å². The minimum absolute atomic E-state index is 0.0658. The molecule has 5 heteroatoms. The normalized spacial score (nSPS) is 14.0. The number of anilines is 1. The van der Waals surface area contributed by atoms with Crippen molar-refractivity contribution in [2.75, 3.05) is 18.4 Å². The number of amides is 1. The van der Waals surface area contributed by atoms with Crippen molar-refractivity contribution in [2.24, 2.45) is 5.92 Å². The van der Waals surface area contributed by atoms with Crippen LogP contribution in [0.5, 0.6) is 0 Å². The van der Waals surface area contributed by atoms with Gasteiger partial charge in [-0.2, -0.15) is 0 Å². The lowest BCUT2D eigenvalue weighted by atomic mass is 10.1. The molecule has 0 saturated heterocycles. The molecule has 1 amide bonds. The van der Waals surface area contributed by atoms with Crippen LogP contribution in [0.4, 0.5) is 10.1 Å². The lowest BCUT2D eigenvalue weighted by molar-refractivity contribution is -0.122. The van der Waals surface area contributed by atoms with Gasteiger partial charge < -0.3 is 10.6 Å². The van der Waals surface area contributed by atoms with Crippen molar-refractivity contribution in [3.8, 4) is 0 Å². The van der Waals surface area contributed by atoms with Crippen molar-refractivity contribution in [1.29, 1.82) is 0 Å². The van der Waals surface area contributed by atoms with Gasteiger partial charge >= 0.3 is 0 Å². The van der Waals surface area contributed by atoms with Gasteiger partial charge in [0, 0.05) is 24.7 Å². The molecule has 1 fully saturated rings. The maximum Gasteiger partial charge on any atom is 0.223 e. The summed E-state index contributed by atoms with van der Waals surface area (Å²) in [5.41, 5.74) is 0.532. The van der Waals surface area contributed by atoms with Gasteiger partial charge in [-0.05, 0) is 31.9 Å². The molecule has 1 aliphatic carbocycles. The molecule has 2 rings (SSSR count). The summed E-state index contributed by atoms with van der Waals surface area (Å²) in [4.78, 5) is 22.8. The van der Waals surface area contributed by atoms with Crippen LogP contribution < -0.4 is 10.6 Å². The number of hydrogen-bond donors (Lipinski definition) is 2. The molecule has 1 aromatic rings. The van der Waals surface area contributed by atoms with Crippen molar-refractivity contribution in [1.82, 2.24) is 5.32 Å². The SMILES string of the molecule is CC(=O)c1c(F)cccc1NCCNC(=O)C1CC1. The van der Waals surface area contributed by atoms with Crippen LogP contribution in [0.1, 0.15) is 30.1 Å². The predicted octanol–water partition coefficient (Wildman–Crippen LogP) is 1.97. The van der Waals surface area contributed by atoms with Crippen molar-refractivity contribution >= 4 is 17.4 Å². The molecule has 0 heterocycles. The fourth-order valence-corrected chi connectivity index (χ4v) is 1.90. The lowest BCUT2D eigenvalue weighted by Gasteiger charge is -2.11. The van der Waals surface area contributed by atoms with E-state index in [0.717, 1.165) is 12.8 Å². The van der Waals surface area contributed by atoms with Gasteiger partial charge in [0.25, 0.3) is 0 Å². The van der Waals surface area contributed by atoms with E-state index in [9.17, 15) is 14.0 Å². The molecule has 1 saturated carbocycles. The highest BCUT2D eigenvalue weighted by molar-refractivity contribution is 5.99. The summed E-state index contributed by atoms with van der Waals surface area (Å²) >= 11 is 0. The topological polar surface area (TPSA) is 58.2 Å². The standard InChI is InChI=1S/C14H17FN2O2/c1-9(18)13-11(15)3-2-4-12(13)16-7-8-17-14(19)10-5-6-10/h2-4,10,16H,5-8H2,1H3,(H,17,19). The Morgan fingerprint density at radius 2 is 2.05 bits per heavy atom. The Balaban J connectivity index is 1.86. The average Bonchev–Trinajstić information content (AvgIpc) is 3.18. The first-order chi connectivity index (χ1) is 9.09. The van der Waals surface area contributed by atoms with Crippen LogP contribution in [0.25, 0.3) is 0 Å². The van der Waals surface area contributed by atoms with Gasteiger partial charge in [-0.1, -0.05) is 6.07 Å². The summed E-state index contributed by atoms with van der Waals surface area (Å²) in [6.45, 7) is 2.25. The molecule has 4 nitrogen and oxygen atoms in total.